The molecule has 0 aliphatic carbocycles. The summed E-state index contributed by atoms with van der Waals surface area (Å²) in [6.45, 7) is 3.20. The van der Waals surface area contributed by atoms with Gasteiger partial charge in [0.1, 0.15) is 5.82 Å². The number of aryl methyl sites for hydroxylation is 1. The van der Waals surface area contributed by atoms with Crippen LogP contribution in [0.3, 0.4) is 0 Å². The fourth-order valence-electron chi connectivity index (χ4n) is 2.83. The number of likely N-dealkylation sites (tertiary alicyclic amines) is 1. The van der Waals surface area contributed by atoms with E-state index in [4.69, 9.17) is 0 Å². The summed E-state index contributed by atoms with van der Waals surface area (Å²) in [4.78, 5) is 27.3. The van der Waals surface area contributed by atoms with E-state index in [9.17, 15) is 14.0 Å². The summed E-state index contributed by atoms with van der Waals surface area (Å²) in [5.74, 6) is -0.484. The summed E-state index contributed by atoms with van der Waals surface area (Å²) in [6.07, 6.45) is 1.45. The van der Waals surface area contributed by atoms with Gasteiger partial charge in [-0.05, 0) is 61.0 Å². The minimum atomic E-state index is -0.359. The maximum Gasteiger partial charge on any atom is 0.264 e. The van der Waals surface area contributed by atoms with Gasteiger partial charge in [0.25, 0.3) is 11.8 Å². The molecule has 0 saturated carbocycles. The van der Waals surface area contributed by atoms with Crippen molar-refractivity contribution in [2.45, 2.75) is 25.8 Å². The zero-order valence-electron chi connectivity index (χ0n) is 13.4. The number of carbonyl (C=O) groups is 2. The zero-order chi connectivity index (χ0) is 17.1. The van der Waals surface area contributed by atoms with E-state index in [1.165, 1.54) is 35.6 Å². The highest BCUT2D eigenvalue weighted by molar-refractivity contribution is 7.12. The minimum absolute atomic E-state index is 0.0380. The van der Waals surface area contributed by atoms with Crippen molar-refractivity contribution in [1.29, 1.82) is 0 Å². The topological polar surface area (TPSA) is 49.4 Å². The average molecular weight is 346 g/mol. The number of rotatable bonds is 3. The Morgan fingerprint density at radius 2 is 1.83 bits per heavy atom. The SMILES string of the molecule is Cc1ccsc1C(=O)N1CCC(NC(=O)c2ccc(F)cc2)CC1. The van der Waals surface area contributed by atoms with E-state index < -0.39 is 0 Å². The molecule has 4 nitrogen and oxygen atoms in total. The lowest BCUT2D eigenvalue weighted by Gasteiger charge is -2.32. The summed E-state index contributed by atoms with van der Waals surface area (Å²) in [5.41, 5.74) is 1.46. The van der Waals surface area contributed by atoms with Crippen molar-refractivity contribution in [3.8, 4) is 0 Å². The Kier molecular flexibility index (Phi) is 4.94. The molecule has 1 aromatic carbocycles. The number of thiophene rings is 1. The van der Waals surface area contributed by atoms with Crippen molar-refractivity contribution in [2.75, 3.05) is 13.1 Å². The first-order chi connectivity index (χ1) is 11.5. The Morgan fingerprint density at radius 1 is 1.17 bits per heavy atom. The highest BCUT2D eigenvalue weighted by Crippen LogP contribution is 2.21. The first kappa shape index (κ1) is 16.6. The van der Waals surface area contributed by atoms with Crippen LogP contribution in [0.2, 0.25) is 0 Å². The smallest absolute Gasteiger partial charge is 0.264 e. The van der Waals surface area contributed by atoms with Gasteiger partial charge in [0.2, 0.25) is 0 Å². The fraction of sp³-hybridized carbons (Fsp3) is 0.333. The van der Waals surface area contributed by atoms with Gasteiger partial charge in [0.05, 0.1) is 4.88 Å². The standard InChI is InChI=1S/C18H19FN2O2S/c1-12-8-11-24-16(12)18(23)21-9-6-15(7-10-21)20-17(22)13-2-4-14(19)5-3-13/h2-5,8,11,15H,6-7,9-10H2,1H3,(H,20,22). The lowest BCUT2D eigenvalue weighted by molar-refractivity contribution is 0.0702. The van der Waals surface area contributed by atoms with Crippen LogP contribution in [0.5, 0.6) is 0 Å². The van der Waals surface area contributed by atoms with E-state index in [1.807, 2.05) is 23.3 Å². The van der Waals surface area contributed by atoms with Gasteiger partial charge in [-0.3, -0.25) is 9.59 Å². The molecule has 1 aliphatic rings. The van der Waals surface area contributed by atoms with E-state index in [1.54, 1.807) is 0 Å². The molecule has 0 bridgehead atoms. The summed E-state index contributed by atoms with van der Waals surface area (Å²) >= 11 is 1.47. The van der Waals surface area contributed by atoms with Gasteiger partial charge in [-0.15, -0.1) is 11.3 Å². The molecule has 0 unspecified atom stereocenters. The van der Waals surface area contributed by atoms with Crippen molar-refractivity contribution in [1.82, 2.24) is 10.2 Å². The maximum atomic E-state index is 12.9. The molecule has 0 radical (unpaired) electrons. The summed E-state index contributed by atoms with van der Waals surface area (Å²) in [5, 5.41) is 4.89. The van der Waals surface area contributed by atoms with Gasteiger partial charge in [0, 0.05) is 24.7 Å². The molecule has 1 saturated heterocycles. The number of amides is 2. The zero-order valence-corrected chi connectivity index (χ0v) is 14.2. The van der Waals surface area contributed by atoms with E-state index in [2.05, 4.69) is 5.32 Å². The number of hydrogen-bond acceptors (Lipinski definition) is 3. The molecular weight excluding hydrogens is 327 g/mol. The molecule has 1 aliphatic heterocycles. The van der Waals surface area contributed by atoms with Crippen LogP contribution < -0.4 is 5.32 Å². The van der Waals surface area contributed by atoms with E-state index >= 15 is 0 Å². The first-order valence-electron chi connectivity index (χ1n) is 7.94. The highest BCUT2D eigenvalue weighted by atomic mass is 32.1. The molecule has 0 atom stereocenters. The van der Waals surface area contributed by atoms with Gasteiger partial charge >= 0.3 is 0 Å². The molecule has 126 valence electrons. The minimum Gasteiger partial charge on any atom is -0.349 e. The van der Waals surface area contributed by atoms with Crippen LogP contribution in [0, 0.1) is 12.7 Å². The second kappa shape index (κ2) is 7.13. The van der Waals surface area contributed by atoms with E-state index in [0.29, 0.717) is 18.7 Å². The van der Waals surface area contributed by atoms with Gasteiger partial charge in [-0.2, -0.15) is 0 Å². The van der Waals surface area contributed by atoms with Gasteiger partial charge in [0.15, 0.2) is 0 Å². The Morgan fingerprint density at radius 3 is 2.42 bits per heavy atom. The molecular formula is C18H19FN2O2S. The summed E-state index contributed by atoms with van der Waals surface area (Å²) < 4.78 is 12.9. The fourth-order valence-corrected chi connectivity index (χ4v) is 3.72. The Labute approximate surface area is 144 Å². The number of piperidine rings is 1. The molecule has 2 amide bonds. The molecule has 1 fully saturated rings. The maximum absolute atomic E-state index is 12.9. The quantitative estimate of drug-likeness (QED) is 0.928. The van der Waals surface area contributed by atoms with Gasteiger partial charge in [-0.25, -0.2) is 4.39 Å². The predicted octanol–water partition coefficient (Wildman–Crippen LogP) is 3.23. The van der Waals surface area contributed by atoms with Crippen molar-refractivity contribution >= 4 is 23.2 Å². The second-order valence-corrected chi connectivity index (χ2v) is 6.90. The molecule has 2 heterocycles. The van der Waals surface area contributed by atoms with Crippen LogP contribution >= 0.6 is 11.3 Å². The molecule has 2 aromatic rings. The van der Waals surface area contributed by atoms with Crippen molar-refractivity contribution in [2.24, 2.45) is 0 Å². The van der Waals surface area contributed by atoms with Crippen LogP contribution in [0.1, 0.15) is 38.4 Å². The third kappa shape index (κ3) is 3.64. The van der Waals surface area contributed by atoms with E-state index in [-0.39, 0.29) is 23.7 Å². The van der Waals surface area contributed by atoms with Gasteiger partial charge in [-0.1, -0.05) is 0 Å². The van der Waals surface area contributed by atoms with Crippen molar-refractivity contribution in [3.63, 3.8) is 0 Å². The second-order valence-electron chi connectivity index (χ2n) is 5.98. The summed E-state index contributed by atoms with van der Waals surface area (Å²) in [7, 11) is 0. The summed E-state index contributed by atoms with van der Waals surface area (Å²) in [6, 6.07) is 7.49. The van der Waals surface area contributed by atoms with Gasteiger partial charge < -0.3 is 10.2 Å². The number of nitrogens with zero attached hydrogens (tertiary/aromatic N) is 1. The van der Waals surface area contributed by atoms with Crippen LogP contribution in [-0.2, 0) is 0 Å². The third-order valence-corrected chi connectivity index (χ3v) is 5.28. The largest absolute Gasteiger partial charge is 0.349 e. The van der Waals surface area contributed by atoms with Crippen LogP contribution in [0.15, 0.2) is 35.7 Å². The number of hydrogen-bond donors (Lipinski definition) is 1. The lowest BCUT2D eigenvalue weighted by atomic mass is 10.0. The van der Waals surface area contributed by atoms with Crippen molar-refractivity contribution in [3.05, 3.63) is 57.5 Å². The highest BCUT2D eigenvalue weighted by Gasteiger charge is 2.26. The van der Waals surface area contributed by atoms with E-state index in [0.717, 1.165) is 23.3 Å². The van der Waals surface area contributed by atoms with Crippen LogP contribution in [0.4, 0.5) is 4.39 Å². The Bertz CT molecular complexity index is 734. The third-order valence-electron chi connectivity index (χ3n) is 4.28. The van der Waals surface area contributed by atoms with Crippen LogP contribution in [-0.4, -0.2) is 35.8 Å². The normalized spacial score (nSPS) is 15.3. The lowest BCUT2D eigenvalue weighted by Crippen LogP contribution is -2.46. The molecule has 3 rings (SSSR count). The number of halogens is 1. The number of benzene rings is 1. The van der Waals surface area contributed by atoms with Crippen LogP contribution in [0.25, 0.3) is 0 Å². The molecule has 1 aromatic heterocycles. The first-order valence-corrected chi connectivity index (χ1v) is 8.82. The average Bonchev–Trinajstić information content (AvgIpc) is 3.01. The Hall–Kier alpha value is -2.21. The monoisotopic (exact) mass is 346 g/mol. The Balaban J connectivity index is 1.53. The number of carbonyl (C=O) groups excluding carboxylic acids is 2. The predicted molar refractivity (Wildman–Crippen MR) is 91.8 cm³/mol. The molecule has 1 N–H and O–H groups in total. The van der Waals surface area contributed by atoms with Crippen molar-refractivity contribution < 1.29 is 14.0 Å². The molecule has 0 spiro atoms. The molecule has 6 heteroatoms. The number of nitrogens with one attached hydrogen (secondary N) is 1. The molecule has 24 heavy (non-hydrogen) atoms.